The number of nitrogens with one attached hydrogen (secondary N) is 1. The summed E-state index contributed by atoms with van der Waals surface area (Å²) in [6, 6.07) is 4.38. The standard InChI is InChI=1S/C15H23N3O/c16-12-6-2-1-5-11(12)15(19)18-10-4-8-14(18)13-7-3-9-17-13/h3,7,9,11-12,14,17H,1-2,4-6,8,10,16H2. The van der Waals surface area contributed by atoms with Gasteiger partial charge >= 0.3 is 0 Å². The van der Waals surface area contributed by atoms with Crippen LogP contribution >= 0.6 is 0 Å². The number of likely N-dealkylation sites (tertiary alicyclic amines) is 1. The lowest BCUT2D eigenvalue weighted by molar-refractivity contribution is -0.138. The number of amides is 1. The van der Waals surface area contributed by atoms with Crippen LogP contribution in [0.1, 0.15) is 50.3 Å². The quantitative estimate of drug-likeness (QED) is 0.857. The van der Waals surface area contributed by atoms with E-state index < -0.39 is 0 Å². The molecule has 4 heteroatoms. The Morgan fingerprint density at radius 1 is 1.26 bits per heavy atom. The van der Waals surface area contributed by atoms with Crippen LogP contribution in [0, 0.1) is 5.92 Å². The molecule has 2 aliphatic rings. The number of aromatic amines is 1. The first-order valence-electron chi connectivity index (χ1n) is 7.46. The van der Waals surface area contributed by atoms with Crippen LogP contribution in [0.4, 0.5) is 0 Å². The molecule has 1 aromatic heterocycles. The SMILES string of the molecule is NC1CCCCC1C(=O)N1CCCC1c1ccc[nH]1. The van der Waals surface area contributed by atoms with E-state index in [0.29, 0.717) is 0 Å². The van der Waals surface area contributed by atoms with Crippen LogP contribution < -0.4 is 5.73 Å². The molecule has 2 fully saturated rings. The zero-order valence-corrected chi connectivity index (χ0v) is 11.3. The average molecular weight is 261 g/mol. The van der Waals surface area contributed by atoms with Crippen LogP contribution in [0.2, 0.25) is 0 Å². The lowest BCUT2D eigenvalue weighted by Gasteiger charge is -2.33. The minimum absolute atomic E-state index is 0.0457. The van der Waals surface area contributed by atoms with Crippen LogP contribution in [0.25, 0.3) is 0 Å². The summed E-state index contributed by atoms with van der Waals surface area (Å²) >= 11 is 0. The van der Waals surface area contributed by atoms with Gasteiger partial charge in [0.1, 0.15) is 0 Å². The summed E-state index contributed by atoms with van der Waals surface area (Å²) in [5, 5.41) is 0. The van der Waals surface area contributed by atoms with E-state index in [1.165, 1.54) is 6.42 Å². The minimum atomic E-state index is 0.0457. The van der Waals surface area contributed by atoms with Gasteiger partial charge in [-0.15, -0.1) is 0 Å². The van der Waals surface area contributed by atoms with Gasteiger partial charge in [0.15, 0.2) is 0 Å². The zero-order valence-electron chi connectivity index (χ0n) is 11.3. The highest BCUT2D eigenvalue weighted by Gasteiger charge is 2.37. The smallest absolute Gasteiger partial charge is 0.227 e. The van der Waals surface area contributed by atoms with E-state index in [0.717, 1.165) is 44.3 Å². The van der Waals surface area contributed by atoms with Crippen molar-refractivity contribution >= 4 is 5.91 Å². The summed E-state index contributed by atoms with van der Waals surface area (Å²) in [6.07, 6.45) is 8.37. The highest BCUT2D eigenvalue weighted by Crippen LogP contribution is 2.34. The molecule has 3 atom stereocenters. The molecule has 1 saturated carbocycles. The number of carbonyl (C=O) groups excluding carboxylic acids is 1. The maximum atomic E-state index is 12.7. The van der Waals surface area contributed by atoms with E-state index >= 15 is 0 Å². The number of H-pyrrole nitrogens is 1. The Kier molecular flexibility index (Phi) is 3.60. The fourth-order valence-electron chi connectivity index (χ4n) is 3.58. The Hall–Kier alpha value is -1.29. The van der Waals surface area contributed by atoms with E-state index in [2.05, 4.69) is 16.0 Å². The van der Waals surface area contributed by atoms with Gasteiger partial charge in [-0.05, 0) is 37.8 Å². The Labute approximate surface area is 114 Å². The summed E-state index contributed by atoms with van der Waals surface area (Å²) in [6.45, 7) is 0.881. The van der Waals surface area contributed by atoms with Gasteiger partial charge in [0.2, 0.25) is 5.91 Å². The van der Waals surface area contributed by atoms with Crippen LogP contribution in [0.3, 0.4) is 0 Å². The summed E-state index contributed by atoms with van der Waals surface area (Å²) in [7, 11) is 0. The third kappa shape index (κ3) is 2.41. The molecule has 1 aliphatic carbocycles. The Morgan fingerprint density at radius 2 is 2.11 bits per heavy atom. The number of nitrogens with two attached hydrogens (primary N) is 1. The summed E-state index contributed by atoms with van der Waals surface area (Å²) < 4.78 is 0. The van der Waals surface area contributed by atoms with E-state index in [4.69, 9.17) is 5.73 Å². The van der Waals surface area contributed by atoms with E-state index in [1.54, 1.807) is 0 Å². The van der Waals surface area contributed by atoms with Gasteiger partial charge < -0.3 is 15.6 Å². The lowest BCUT2D eigenvalue weighted by atomic mass is 9.84. The van der Waals surface area contributed by atoms with Crippen LogP contribution in [0.5, 0.6) is 0 Å². The van der Waals surface area contributed by atoms with Gasteiger partial charge in [0.25, 0.3) is 0 Å². The van der Waals surface area contributed by atoms with Crippen molar-refractivity contribution in [1.82, 2.24) is 9.88 Å². The molecule has 19 heavy (non-hydrogen) atoms. The first-order chi connectivity index (χ1) is 9.27. The van der Waals surface area contributed by atoms with Crippen molar-refractivity contribution in [3.8, 4) is 0 Å². The molecule has 1 aliphatic heterocycles. The number of nitrogens with zero attached hydrogens (tertiary/aromatic N) is 1. The number of aromatic nitrogens is 1. The summed E-state index contributed by atoms with van der Waals surface area (Å²) in [5.41, 5.74) is 7.32. The Balaban J connectivity index is 1.75. The summed E-state index contributed by atoms with van der Waals surface area (Å²) in [5.74, 6) is 0.327. The predicted molar refractivity (Wildman–Crippen MR) is 74.4 cm³/mol. The lowest BCUT2D eigenvalue weighted by Crippen LogP contribution is -2.45. The van der Waals surface area contributed by atoms with Crippen LogP contribution in [0.15, 0.2) is 18.3 Å². The van der Waals surface area contributed by atoms with Gasteiger partial charge in [-0.1, -0.05) is 12.8 Å². The summed E-state index contributed by atoms with van der Waals surface area (Å²) in [4.78, 5) is 18.1. The normalized spacial score (nSPS) is 31.6. The topological polar surface area (TPSA) is 62.1 Å². The van der Waals surface area contributed by atoms with E-state index in [9.17, 15) is 4.79 Å². The average Bonchev–Trinajstić information content (AvgIpc) is 3.09. The third-order valence-electron chi connectivity index (χ3n) is 4.65. The van der Waals surface area contributed by atoms with Crippen LogP contribution in [-0.2, 0) is 4.79 Å². The van der Waals surface area contributed by atoms with Crippen molar-refractivity contribution in [2.24, 2.45) is 11.7 Å². The molecule has 3 N–H and O–H groups in total. The molecule has 0 aromatic carbocycles. The first-order valence-corrected chi connectivity index (χ1v) is 7.46. The van der Waals surface area contributed by atoms with Gasteiger partial charge in [0.05, 0.1) is 12.0 Å². The van der Waals surface area contributed by atoms with Gasteiger partial charge in [-0.3, -0.25) is 4.79 Å². The zero-order chi connectivity index (χ0) is 13.2. The number of carbonyl (C=O) groups is 1. The second-order valence-electron chi connectivity index (χ2n) is 5.87. The predicted octanol–water partition coefficient (Wildman–Crippen LogP) is 2.20. The highest BCUT2D eigenvalue weighted by atomic mass is 16.2. The monoisotopic (exact) mass is 261 g/mol. The minimum Gasteiger partial charge on any atom is -0.363 e. The largest absolute Gasteiger partial charge is 0.363 e. The molecular formula is C15H23N3O. The van der Waals surface area contributed by atoms with E-state index in [-0.39, 0.29) is 23.9 Å². The van der Waals surface area contributed by atoms with Gasteiger partial charge in [-0.2, -0.15) is 0 Å². The van der Waals surface area contributed by atoms with Crippen LogP contribution in [-0.4, -0.2) is 28.4 Å². The molecular weight excluding hydrogens is 238 g/mol. The fourth-order valence-corrected chi connectivity index (χ4v) is 3.58. The van der Waals surface area contributed by atoms with Crippen molar-refractivity contribution < 1.29 is 4.79 Å². The van der Waals surface area contributed by atoms with Gasteiger partial charge in [0, 0.05) is 24.5 Å². The number of hydrogen-bond donors (Lipinski definition) is 2. The van der Waals surface area contributed by atoms with Crippen molar-refractivity contribution in [3.63, 3.8) is 0 Å². The maximum Gasteiger partial charge on any atom is 0.227 e. The fraction of sp³-hybridized carbons (Fsp3) is 0.667. The molecule has 1 aromatic rings. The number of hydrogen-bond acceptors (Lipinski definition) is 2. The Bertz CT molecular complexity index is 429. The molecule has 0 spiro atoms. The van der Waals surface area contributed by atoms with Gasteiger partial charge in [-0.25, -0.2) is 0 Å². The molecule has 0 bridgehead atoms. The maximum absolute atomic E-state index is 12.7. The molecule has 1 saturated heterocycles. The van der Waals surface area contributed by atoms with E-state index in [1.807, 2.05) is 12.3 Å². The van der Waals surface area contributed by atoms with Crippen molar-refractivity contribution in [2.45, 2.75) is 50.6 Å². The molecule has 4 nitrogen and oxygen atoms in total. The second kappa shape index (κ2) is 5.37. The highest BCUT2D eigenvalue weighted by molar-refractivity contribution is 5.80. The third-order valence-corrected chi connectivity index (χ3v) is 4.65. The molecule has 3 unspecified atom stereocenters. The molecule has 104 valence electrons. The molecule has 2 heterocycles. The second-order valence-corrected chi connectivity index (χ2v) is 5.87. The van der Waals surface area contributed by atoms with Crippen molar-refractivity contribution in [3.05, 3.63) is 24.0 Å². The van der Waals surface area contributed by atoms with Crippen molar-refractivity contribution in [2.75, 3.05) is 6.54 Å². The Morgan fingerprint density at radius 3 is 2.84 bits per heavy atom. The molecule has 1 amide bonds. The van der Waals surface area contributed by atoms with Crippen molar-refractivity contribution in [1.29, 1.82) is 0 Å². The molecule has 0 radical (unpaired) electrons. The number of rotatable bonds is 2. The molecule has 3 rings (SSSR count). The first kappa shape index (κ1) is 12.7.